The number of amides is 1. The van der Waals surface area contributed by atoms with Gasteiger partial charge in [-0.05, 0) is 45.1 Å². The normalized spacial score (nSPS) is 16.8. The number of aromatic nitrogens is 1. The van der Waals surface area contributed by atoms with E-state index in [1.807, 2.05) is 24.5 Å². The molecule has 0 radical (unpaired) electrons. The van der Waals surface area contributed by atoms with Gasteiger partial charge in [-0.25, -0.2) is 0 Å². The number of thioether (sulfide) groups is 1. The van der Waals surface area contributed by atoms with Gasteiger partial charge in [0.25, 0.3) is 5.91 Å². The van der Waals surface area contributed by atoms with Gasteiger partial charge in [0.05, 0.1) is 11.3 Å². The molecule has 1 aliphatic heterocycles. The third-order valence-electron chi connectivity index (χ3n) is 5.78. The lowest BCUT2D eigenvalue weighted by Gasteiger charge is -2.26. The molecule has 1 aromatic carbocycles. The molecule has 2 aliphatic rings. The highest BCUT2D eigenvalue weighted by Gasteiger charge is 2.24. The van der Waals surface area contributed by atoms with Gasteiger partial charge in [0.15, 0.2) is 11.5 Å². The molecule has 1 saturated carbocycles. The molecule has 1 amide bonds. The molecule has 1 aliphatic carbocycles. The first kappa shape index (κ1) is 19.2. The summed E-state index contributed by atoms with van der Waals surface area (Å²) in [7, 11) is 0. The Morgan fingerprint density at radius 2 is 1.75 bits per heavy atom. The number of benzene rings is 1. The van der Waals surface area contributed by atoms with E-state index in [9.17, 15) is 4.79 Å². The van der Waals surface area contributed by atoms with Crippen molar-refractivity contribution in [2.75, 3.05) is 24.8 Å². The summed E-state index contributed by atoms with van der Waals surface area (Å²) < 4.78 is 13.7. The first-order valence-corrected chi connectivity index (χ1v) is 11.3. The van der Waals surface area contributed by atoms with E-state index in [0.29, 0.717) is 25.0 Å². The number of nitrogens with zero attached hydrogens (tertiary/aromatic N) is 1. The van der Waals surface area contributed by atoms with E-state index in [4.69, 9.17) is 9.47 Å². The summed E-state index contributed by atoms with van der Waals surface area (Å²) in [6.07, 6.45) is 8.28. The van der Waals surface area contributed by atoms with Gasteiger partial charge in [-0.3, -0.25) is 4.79 Å². The van der Waals surface area contributed by atoms with Crippen LogP contribution in [-0.4, -0.2) is 29.9 Å². The topological polar surface area (TPSA) is 52.5 Å². The van der Waals surface area contributed by atoms with Crippen molar-refractivity contribution >= 4 is 23.4 Å². The van der Waals surface area contributed by atoms with E-state index < -0.39 is 0 Å². The third kappa shape index (κ3) is 3.62. The van der Waals surface area contributed by atoms with E-state index >= 15 is 0 Å². The Kier molecular flexibility index (Phi) is 5.58. The Balaban J connectivity index is 1.60. The van der Waals surface area contributed by atoms with E-state index in [1.54, 1.807) is 11.8 Å². The molecule has 28 heavy (non-hydrogen) atoms. The van der Waals surface area contributed by atoms with Crippen molar-refractivity contribution in [2.24, 2.45) is 0 Å². The van der Waals surface area contributed by atoms with Gasteiger partial charge in [-0.15, -0.1) is 11.8 Å². The molecular formula is C22H28N2O3S. The molecule has 1 fully saturated rings. The number of carbonyl (C=O) groups is 1. The van der Waals surface area contributed by atoms with Crippen LogP contribution in [0, 0.1) is 13.8 Å². The van der Waals surface area contributed by atoms with Crippen LogP contribution in [0.2, 0.25) is 0 Å². The standard InChI is InChI=1S/C22H28N2O3S/c1-14-11-17(15(2)24(14)16-7-5-4-6-8-16)22(25)23-18-12-19-20(13-21(18)28-3)27-10-9-26-19/h11-13,16H,4-10H2,1-3H3,(H,23,25). The fourth-order valence-corrected chi connectivity index (χ4v) is 4.99. The molecule has 2 heterocycles. The number of aryl methyl sites for hydroxylation is 1. The van der Waals surface area contributed by atoms with Crippen molar-refractivity contribution < 1.29 is 14.3 Å². The van der Waals surface area contributed by atoms with Gasteiger partial charge in [0, 0.05) is 28.4 Å². The summed E-state index contributed by atoms with van der Waals surface area (Å²) in [6.45, 7) is 5.26. The number of hydrogen-bond acceptors (Lipinski definition) is 4. The number of rotatable bonds is 4. The molecule has 5 nitrogen and oxygen atoms in total. The summed E-state index contributed by atoms with van der Waals surface area (Å²) >= 11 is 1.59. The van der Waals surface area contributed by atoms with Crippen molar-refractivity contribution in [3.8, 4) is 11.5 Å². The third-order valence-corrected chi connectivity index (χ3v) is 6.56. The Labute approximate surface area is 170 Å². The lowest BCUT2D eigenvalue weighted by Crippen LogP contribution is -2.18. The maximum atomic E-state index is 13.1. The molecule has 0 unspecified atom stereocenters. The molecule has 1 aromatic heterocycles. The second kappa shape index (κ2) is 8.11. The number of hydrogen-bond donors (Lipinski definition) is 1. The summed E-state index contributed by atoms with van der Waals surface area (Å²) in [5, 5.41) is 3.10. The molecule has 0 atom stereocenters. The Hall–Kier alpha value is -2.08. The van der Waals surface area contributed by atoms with Gasteiger partial charge in [0.2, 0.25) is 0 Å². The highest BCUT2D eigenvalue weighted by Crippen LogP contribution is 2.39. The minimum Gasteiger partial charge on any atom is -0.486 e. The minimum atomic E-state index is -0.0675. The minimum absolute atomic E-state index is 0.0675. The summed E-state index contributed by atoms with van der Waals surface area (Å²) in [5.74, 6) is 1.36. The zero-order valence-electron chi connectivity index (χ0n) is 16.8. The average molecular weight is 401 g/mol. The molecule has 4 rings (SSSR count). The molecule has 0 spiro atoms. The summed E-state index contributed by atoms with van der Waals surface area (Å²) in [5.41, 5.74) is 3.75. The van der Waals surface area contributed by atoms with Crippen LogP contribution < -0.4 is 14.8 Å². The lowest BCUT2D eigenvalue weighted by atomic mass is 9.95. The van der Waals surface area contributed by atoms with Crippen LogP contribution in [-0.2, 0) is 0 Å². The number of nitrogens with one attached hydrogen (secondary N) is 1. The average Bonchev–Trinajstić information content (AvgIpc) is 3.02. The number of fused-ring (bicyclic) bond motifs is 1. The van der Waals surface area contributed by atoms with Crippen molar-refractivity contribution in [2.45, 2.75) is 56.9 Å². The fraction of sp³-hybridized carbons (Fsp3) is 0.500. The van der Waals surface area contributed by atoms with Crippen molar-refractivity contribution in [3.05, 3.63) is 35.2 Å². The van der Waals surface area contributed by atoms with Crippen LogP contribution in [0.3, 0.4) is 0 Å². The Morgan fingerprint density at radius 3 is 2.43 bits per heavy atom. The zero-order valence-corrected chi connectivity index (χ0v) is 17.7. The molecule has 0 bridgehead atoms. The van der Waals surface area contributed by atoms with Crippen LogP contribution in [0.1, 0.15) is 59.9 Å². The largest absolute Gasteiger partial charge is 0.486 e. The maximum Gasteiger partial charge on any atom is 0.257 e. The van der Waals surface area contributed by atoms with E-state index in [0.717, 1.165) is 27.6 Å². The SMILES string of the molecule is CSc1cc2c(cc1NC(=O)c1cc(C)n(C3CCCCC3)c1C)OCCO2. The number of carbonyl (C=O) groups excluding carboxylic acids is 1. The first-order valence-electron chi connectivity index (χ1n) is 10.1. The first-order chi connectivity index (χ1) is 13.6. The fourth-order valence-electron chi connectivity index (χ4n) is 4.43. The monoisotopic (exact) mass is 400 g/mol. The highest BCUT2D eigenvalue weighted by molar-refractivity contribution is 7.98. The smallest absolute Gasteiger partial charge is 0.257 e. The van der Waals surface area contributed by atoms with Gasteiger partial charge >= 0.3 is 0 Å². The predicted molar refractivity (Wildman–Crippen MR) is 113 cm³/mol. The summed E-state index contributed by atoms with van der Waals surface area (Å²) in [4.78, 5) is 14.1. The predicted octanol–water partition coefficient (Wildman–Crippen LogP) is 5.36. The molecule has 2 aromatic rings. The van der Waals surface area contributed by atoms with Crippen LogP contribution in [0.15, 0.2) is 23.1 Å². The van der Waals surface area contributed by atoms with E-state index in [2.05, 4.69) is 23.7 Å². The zero-order chi connectivity index (χ0) is 19.7. The second-order valence-corrected chi connectivity index (χ2v) is 8.44. The molecule has 0 saturated heterocycles. The van der Waals surface area contributed by atoms with Crippen LogP contribution in [0.25, 0.3) is 0 Å². The quantitative estimate of drug-likeness (QED) is 0.703. The Bertz CT molecular complexity index is 884. The molecule has 150 valence electrons. The second-order valence-electron chi connectivity index (χ2n) is 7.60. The number of anilines is 1. The molecular weight excluding hydrogens is 372 g/mol. The van der Waals surface area contributed by atoms with Crippen LogP contribution >= 0.6 is 11.8 Å². The maximum absolute atomic E-state index is 13.1. The van der Waals surface area contributed by atoms with Crippen molar-refractivity contribution in [1.29, 1.82) is 0 Å². The lowest BCUT2D eigenvalue weighted by molar-refractivity contribution is 0.102. The Morgan fingerprint density at radius 1 is 1.07 bits per heavy atom. The number of ether oxygens (including phenoxy) is 2. The van der Waals surface area contributed by atoms with Crippen molar-refractivity contribution in [3.63, 3.8) is 0 Å². The molecule has 1 N–H and O–H groups in total. The van der Waals surface area contributed by atoms with E-state index in [1.165, 1.54) is 37.8 Å². The van der Waals surface area contributed by atoms with Gasteiger partial charge in [-0.2, -0.15) is 0 Å². The van der Waals surface area contributed by atoms with Crippen LogP contribution in [0.4, 0.5) is 5.69 Å². The van der Waals surface area contributed by atoms with Gasteiger partial charge < -0.3 is 19.4 Å². The molecule has 6 heteroatoms. The van der Waals surface area contributed by atoms with Crippen LogP contribution in [0.5, 0.6) is 11.5 Å². The van der Waals surface area contributed by atoms with Gasteiger partial charge in [-0.1, -0.05) is 19.3 Å². The summed E-state index contributed by atoms with van der Waals surface area (Å²) in [6, 6.07) is 6.36. The van der Waals surface area contributed by atoms with Gasteiger partial charge in [0.1, 0.15) is 13.2 Å². The van der Waals surface area contributed by atoms with Crippen molar-refractivity contribution in [1.82, 2.24) is 4.57 Å². The highest BCUT2D eigenvalue weighted by atomic mass is 32.2. The van der Waals surface area contributed by atoms with E-state index in [-0.39, 0.29) is 5.91 Å².